The van der Waals surface area contributed by atoms with Gasteiger partial charge in [-0.25, -0.2) is 0 Å². The van der Waals surface area contributed by atoms with Gasteiger partial charge in [-0.3, -0.25) is 4.57 Å². The lowest BCUT2D eigenvalue weighted by Gasteiger charge is -2.30. The van der Waals surface area contributed by atoms with E-state index in [1.165, 1.54) is 41.4 Å². The van der Waals surface area contributed by atoms with E-state index in [9.17, 15) is 9.77 Å². The highest BCUT2D eigenvalue weighted by molar-refractivity contribution is 7.55. The maximum atomic E-state index is 13.1. The van der Waals surface area contributed by atoms with Crippen LogP contribution in [0.5, 0.6) is 17.2 Å². The molecule has 0 amide bonds. The highest BCUT2D eigenvalue weighted by atomic mass is 31.2. The van der Waals surface area contributed by atoms with Crippen molar-refractivity contribution in [1.29, 1.82) is 0 Å². The molecule has 0 radical (unpaired) electrons. The minimum absolute atomic E-state index is 0.156. The third-order valence-corrected chi connectivity index (χ3v) is 6.54. The van der Waals surface area contributed by atoms with E-state index in [4.69, 9.17) is 23.3 Å². The van der Waals surface area contributed by atoms with Gasteiger partial charge in [0.15, 0.2) is 6.21 Å². The second-order valence-corrected chi connectivity index (χ2v) is 8.33. The Balaban J connectivity index is 3.49. The van der Waals surface area contributed by atoms with Gasteiger partial charge in [0.2, 0.25) is 0 Å². The van der Waals surface area contributed by atoms with Crippen LogP contribution in [-0.2, 0) is 13.6 Å². The van der Waals surface area contributed by atoms with Crippen LogP contribution in [0.25, 0.3) is 0 Å². The lowest BCUT2D eigenvalue weighted by Crippen LogP contribution is -2.35. The van der Waals surface area contributed by atoms with Crippen LogP contribution < -0.4 is 14.2 Å². The first-order valence-corrected chi connectivity index (χ1v) is 9.75. The minimum atomic E-state index is -3.70. The summed E-state index contributed by atoms with van der Waals surface area (Å²) in [5.41, 5.74) is 0.387. The molecule has 1 aromatic rings. The van der Waals surface area contributed by atoms with Gasteiger partial charge in [0.1, 0.15) is 22.8 Å². The summed E-state index contributed by atoms with van der Waals surface area (Å²) < 4.78 is 40.2. The highest BCUT2D eigenvalue weighted by Crippen LogP contribution is 2.60. The first-order chi connectivity index (χ1) is 12.2. The zero-order valence-corrected chi connectivity index (χ0v) is 17.3. The third-order valence-electron chi connectivity index (χ3n) is 3.81. The average molecular weight is 389 g/mol. The molecule has 0 saturated heterocycles. The van der Waals surface area contributed by atoms with Gasteiger partial charge in [-0.15, -0.1) is 0 Å². The Labute approximate surface area is 154 Å². The lowest BCUT2D eigenvalue weighted by atomic mass is 10.1. The fourth-order valence-electron chi connectivity index (χ4n) is 2.25. The monoisotopic (exact) mass is 389 g/mol. The average Bonchev–Trinajstić information content (AvgIpc) is 2.61. The molecule has 0 heterocycles. The van der Waals surface area contributed by atoms with Crippen molar-refractivity contribution in [1.82, 2.24) is 0 Å². The third kappa shape index (κ3) is 4.50. The van der Waals surface area contributed by atoms with Crippen LogP contribution in [0.4, 0.5) is 0 Å². The normalized spacial score (nSPS) is 12.8. The highest BCUT2D eigenvalue weighted by Gasteiger charge is 2.51. The molecule has 9 heteroatoms. The number of nitrogens with zero attached hydrogens (tertiary/aromatic N) is 1. The van der Waals surface area contributed by atoms with Crippen molar-refractivity contribution in [3.63, 3.8) is 0 Å². The molecule has 0 fully saturated rings. The van der Waals surface area contributed by atoms with Gasteiger partial charge < -0.3 is 28.5 Å². The van der Waals surface area contributed by atoms with E-state index in [-0.39, 0.29) is 13.2 Å². The van der Waals surface area contributed by atoms with E-state index in [1.807, 2.05) is 0 Å². The van der Waals surface area contributed by atoms with Gasteiger partial charge >= 0.3 is 7.60 Å². The van der Waals surface area contributed by atoms with E-state index >= 15 is 0 Å². The molecule has 8 nitrogen and oxygen atoms in total. The smallest absolute Gasteiger partial charge is 0.401 e. The van der Waals surface area contributed by atoms with Crippen molar-refractivity contribution < 1.29 is 32.6 Å². The molecular formula is C17H28NO7P. The Kier molecular flexibility index (Phi) is 7.93. The number of benzene rings is 1. The number of methoxy groups -OCH3 is 3. The zero-order valence-electron chi connectivity index (χ0n) is 16.4. The van der Waals surface area contributed by atoms with Crippen molar-refractivity contribution in [2.75, 3.05) is 34.5 Å². The number of ether oxygens (including phenoxy) is 3. The second-order valence-electron chi connectivity index (χ2n) is 5.73. The SMILES string of the molecule is CCOP(=O)(OCC)C(C)(C)/[N+]([O-])=C/c1c(OC)cc(OC)cc1OC. The van der Waals surface area contributed by atoms with Gasteiger partial charge in [-0.2, -0.15) is 4.74 Å². The molecule has 1 aromatic carbocycles. The topological polar surface area (TPSA) is 89.3 Å². The van der Waals surface area contributed by atoms with Crippen LogP contribution in [0.2, 0.25) is 0 Å². The van der Waals surface area contributed by atoms with Crippen LogP contribution in [0.3, 0.4) is 0 Å². The molecule has 0 atom stereocenters. The van der Waals surface area contributed by atoms with Gasteiger partial charge in [0.05, 0.1) is 34.5 Å². The molecule has 0 unspecified atom stereocenters. The predicted molar refractivity (Wildman–Crippen MR) is 99.8 cm³/mol. The lowest BCUT2D eigenvalue weighted by molar-refractivity contribution is -0.510. The van der Waals surface area contributed by atoms with Crippen LogP contribution in [0, 0.1) is 5.21 Å². The molecule has 0 aromatic heterocycles. The Morgan fingerprint density at radius 1 is 1.04 bits per heavy atom. The van der Waals surface area contributed by atoms with Crippen LogP contribution >= 0.6 is 7.60 Å². The summed E-state index contributed by atoms with van der Waals surface area (Å²) in [4.78, 5) is 0. The Hall–Kier alpha value is -1.76. The molecule has 26 heavy (non-hydrogen) atoms. The molecule has 0 saturated carbocycles. The Morgan fingerprint density at radius 3 is 1.85 bits per heavy atom. The summed E-state index contributed by atoms with van der Waals surface area (Å²) in [6.45, 7) is 6.70. The molecular weight excluding hydrogens is 361 g/mol. The maximum Gasteiger partial charge on any atom is 0.401 e. The number of hydrogen-bond donors (Lipinski definition) is 0. The first kappa shape index (κ1) is 22.3. The zero-order chi connectivity index (χ0) is 20.0. The number of rotatable bonds is 10. The van der Waals surface area contributed by atoms with Gasteiger partial charge in [-0.05, 0) is 13.8 Å². The van der Waals surface area contributed by atoms with E-state index in [0.717, 1.165) is 0 Å². The summed E-state index contributed by atoms with van der Waals surface area (Å²) in [6.07, 6.45) is 1.25. The maximum absolute atomic E-state index is 13.1. The van der Waals surface area contributed by atoms with Crippen molar-refractivity contribution in [3.05, 3.63) is 22.9 Å². The van der Waals surface area contributed by atoms with Gasteiger partial charge in [0.25, 0.3) is 5.28 Å². The van der Waals surface area contributed by atoms with E-state index < -0.39 is 12.9 Å². The fourth-order valence-corrected chi connectivity index (χ4v) is 3.93. The predicted octanol–water partition coefficient (Wildman–Crippen LogP) is 3.64. The minimum Gasteiger partial charge on any atom is -0.623 e. The molecule has 0 N–H and O–H groups in total. The van der Waals surface area contributed by atoms with Crippen molar-refractivity contribution in [2.24, 2.45) is 0 Å². The van der Waals surface area contributed by atoms with E-state index in [0.29, 0.717) is 27.6 Å². The van der Waals surface area contributed by atoms with Gasteiger partial charge in [0, 0.05) is 26.0 Å². The van der Waals surface area contributed by atoms with Crippen molar-refractivity contribution in [2.45, 2.75) is 33.0 Å². The largest absolute Gasteiger partial charge is 0.623 e. The molecule has 0 bridgehead atoms. The summed E-state index contributed by atoms with van der Waals surface area (Å²) in [5, 5.41) is 11.4. The summed E-state index contributed by atoms with van der Waals surface area (Å²) >= 11 is 0. The second kappa shape index (κ2) is 9.26. The number of hydrogen-bond acceptors (Lipinski definition) is 7. The quantitative estimate of drug-likeness (QED) is 0.198. The summed E-state index contributed by atoms with van der Waals surface area (Å²) in [6, 6.07) is 3.25. The Morgan fingerprint density at radius 2 is 1.50 bits per heavy atom. The van der Waals surface area contributed by atoms with Gasteiger partial charge in [-0.1, -0.05) is 0 Å². The molecule has 1 rings (SSSR count). The van der Waals surface area contributed by atoms with Crippen LogP contribution in [0.15, 0.2) is 12.1 Å². The fraction of sp³-hybridized carbons (Fsp3) is 0.588. The first-order valence-electron chi connectivity index (χ1n) is 8.21. The standard InChI is InChI=1S/C17H28NO7P/c1-8-24-26(20,25-9-2)17(3,4)18(19)12-14-15(22-6)10-13(21-5)11-16(14)23-7/h10-12H,8-9H2,1-7H3/b18-12-. The molecule has 0 spiro atoms. The van der Waals surface area contributed by atoms with Crippen molar-refractivity contribution in [3.8, 4) is 17.2 Å². The van der Waals surface area contributed by atoms with Crippen LogP contribution in [0.1, 0.15) is 33.3 Å². The molecule has 0 aliphatic rings. The Bertz CT molecular complexity index is 653. The number of hydroxylamine groups is 1. The summed E-state index contributed by atoms with van der Waals surface area (Å²) in [5.74, 6) is 1.27. The van der Waals surface area contributed by atoms with Crippen LogP contribution in [-0.4, -0.2) is 50.8 Å². The molecule has 148 valence electrons. The molecule has 0 aliphatic heterocycles. The van der Waals surface area contributed by atoms with Crippen molar-refractivity contribution >= 4 is 13.8 Å². The van der Waals surface area contributed by atoms with E-state index in [1.54, 1.807) is 26.0 Å². The van der Waals surface area contributed by atoms with E-state index in [2.05, 4.69) is 0 Å². The molecule has 0 aliphatic carbocycles. The summed E-state index contributed by atoms with van der Waals surface area (Å²) in [7, 11) is 0.752.